The molecular formula is C9H8ClNO. The number of hydrogen-bond acceptors (Lipinski definition) is 2. The van der Waals surface area contributed by atoms with E-state index >= 15 is 0 Å². The summed E-state index contributed by atoms with van der Waals surface area (Å²) in [5.74, 6) is 0. The third-order valence-corrected chi connectivity index (χ3v) is 1.75. The second-order valence-electron chi connectivity index (χ2n) is 2.32. The van der Waals surface area contributed by atoms with Crippen LogP contribution in [0.2, 0.25) is 0 Å². The topological polar surface area (TPSA) is 43.1 Å². The Balaban J connectivity index is 3.22. The maximum absolute atomic E-state index is 10.7. The summed E-state index contributed by atoms with van der Waals surface area (Å²) < 4.78 is 0. The molecule has 2 nitrogen and oxygen atoms in total. The molecule has 0 spiro atoms. The first-order valence-electron chi connectivity index (χ1n) is 3.37. The fourth-order valence-corrected chi connectivity index (χ4v) is 0.991. The van der Waals surface area contributed by atoms with Crippen molar-refractivity contribution in [3.63, 3.8) is 0 Å². The van der Waals surface area contributed by atoms with E-state index in [0.717, 1.165) is 5.56 Å². The minimum Gasteiger partial charge on any atom is -0.398 e. The van der Waals surface area contributed by atoms with Crippen molar-refractivity contribution in [1.29, 1.82) is 0 Å². The molecule has 62 valence electrons. The molecule has 0 aromatic heterocycles. The highest BCUT2D eigenvalue weighted by molar-refractivity contribution is 6.67. The van der Waals surface area contributed by atoms with E-state index < -0.39 is 5.24 Å². The van der Waals surface area contributed by atoms with Crippen LogP contribution in [0.15, 0.2) is 24.8 Å². The van der Waals surface area contributed by atoms with E-state index in [-0.39, 0.29) is 0 Å². The summed E-state index contributed by atoms with van der Waals surface area (Å²) in [5, 5.41) is -0.488. The fraction of sp³-hybridized carbons (Fsp3) is 0. The van der Waals surface area contributed by atoms with Gasteiger partial charge < -0.3 is 5.73 Å². The smallest absolute Gasteiger partial charge is 0.252 e. The number of nitrogen functional groups attached to an aromatic ring is 1. The summed E-state index contributed by atoms with van der Waals surface area (Å²) in [5.41, 5.74) is 7.32. The van der Waals surface area contributed by atoms with E-state index in [9.17, 15) is 4.79 Å². The minimum absolute atomic E-state index is 0.431. The third-order valence-electron chi connectivity index (χ3n) is 1.53. The normalized spacial score (nSPS) is 9.42. The molecule has 0 saturated carbocycles. The van der Waals surface area contributed by atoms with Gasteiger partial charge >= 0.3 is 0 Å². The first-order chi connectivity index (χ1) is 5.65. The Labute approximate surface area is 75.6 Å². The van der Waals surface area contributed by atoms with Gasteiger partial charge in [-0.05, 0) is 35.4 Å². The van der Waals surface area contributed by atoms with E-state index in [1.54, 1.807) is 24.3 Å². The van der Waals surface area contributed by atoms with Gasteiger partial charge in [-0.3, -0.25) is 4.79 Å². The molecule has 0 aliphatic rings. The molecule has 0 saturated heterocycles. The Morgan fingerprint density at radius 3 is 2.75 bits per heavy atom. The number of carbonyl (C=O) groups is 1. The Morgan fingerprint density at radius 2 is 2.25 bits per heavy atom. The lowest BCUT2D eigenvalue weighted by molar-refractivity contribution is 0.108. The number of anilines is 1. The van der Waals surface area contributed by atoms with E-state index in [2.05, 4.69) is 6.58 Å². The van der Waals surface area contributed by atoms with Crippen LogP contribution in [0.4, 0.5) is 5.69 Å². The van der Waals surface area contributed by atoms with Crippen LogP contribution in [-0.2, 0) is 0 Å². The number of hydrogen-bond donors (Lipinski definition) is 1. The summed E-state index contributed by atoms with van der Waals surface area (Å²) in [6.45, 7) is 3.56. The second-order valence-corrected chi connectivity index (χ2v) is 2.66. The monoisotopic (exact) mass is 181 g/mol. The number of halogens is 1. The molecule has 0 unspecified atom stereocenters. The fourth-order valence-electron chi connectivity index (χ4n) is 0.874. The molecule has 1 rings (SSSR count). The number of nitrogens with two attached hydrogens (primary N) is 1. The van der Waals surface area contributed by atoms with Crippen molar-refractivity contribution in [2.24, 2.45) is 0 Å². The van der Waals surface area contributed by atoms with Crippen molar-refractivity contribution >= 4 is 28.6 Å². The Kier molecular flexibility index (Phi) is 2.51. The molecule has 1 aromatic carbocycles. The molecule has 2 N–H and O–H groups in total. The zero-order valence-corrected chi connectivity index (χ0v) is 7.14. The van der Waals surface area contributed by atoms with Gasteiger partial charge in [-0.15, -0.1) is 0 Å². The van der Waals surface area contributed by atoms with E-state index in [1.807, 2.05) is 0 Å². The predicted octanol–water partition coefficient (Wildman–Crippen LogP) is 2.29. The summed E-state index contributed by atoms with van der Waals surface area (Å²) in [4.78, 5) is 10.7. The zero-order valence-electron chi connectivity index (χ0n) is 6.38. The molecule has 0 heterocycles. The largest absolute Gasteiger partial charge is 0.398 e. The first kappa shape index (κ1) is 8.81. The van der Waals surface area contributed by atoms with E-state index in [1.165, 1.54) is 0 Å². The number of benzene rings is 1. The van der Waals surface area contributed by atoms with Crippen LogP contribution in [0.25, 0.3) is 6.08 Å². The van der Waals surface area contributed by atoms with Gasteiger partial charge in [0.25, 0.3) is 5.24 Å². The highest BCUT2D eigenvalue weighted by atomic mass is 35.5. The molecule has 1 aromatic rings. The number of carbonyl (C=O) groups excluding carboxylic acids is 1. The van der Waals surface area contributed by atoms with Crippen molar-refractivity contribution in [2.45, 2.75) is 0 Å². The van der Waals surface area contributed by atoms with Crippen LogP contribution in [-0.4, -0.2) is 5.24 Å². The van der Waals surface area contributed by atoms with Crippen molar-refractivity contribution < 1.29 is 4.79 Å². The first-order valence-corrected chi connectivity index (χ1v) is 3.74. The Hall–Kier alpha value is -1.28. The Morgan fingerprint density at radius 1 is 1.58 bits per heavy atom. The molecular weight excluding hydrogens is 174 g/mol. The lowest BCUT2D eigenvalue weighted by atomic mass is 10.1. The highest BCUT2D eigenvalue weighted by Gasteiger charge is 2.02. The summed E-state index contributed by atoms with van der Waals surface area (Å²) >= 11 is 5.27. The van der Waals surface area contributed by atoms with Crippen LogP contribution in [0.1, 0.15) is 15.9 Å². The van der Waals surface area contributed by atoms with Crippen molar-refractivity contribution in [3.8, 4) is 0 Å². The molecule has 0 aliphatic heterocycles. The van der Waals surface area contributed by atoms with Gasteiger partial charge in [0.1, 0.15) is 0 Å². The van der Waals surface area contributed by atoms with Gasteiger partial charge in [-0.2, -0.15) is 0 Å². The quantitative estimate of drug-likeness (QED) is 0.562. The van der Waals surface area contributed by atoms with Crippen molar-refractivity contribution in [1.82, 2.24) is 0 Å². The molecule has 0 bridgehead atoms. The lowest BCUT2D eigenvalue weighted by Gasteiger charge is -2.00. The summed E-state index contributed by atoms with van der Waals surface area (Å²) in [7, 11) is 0. The summed E-state index contributed by atoms with van der Waals surface area (Å²) in [6, 6.07) is 4.82. The van der Waals surface area contributed by atoms with Crippen molar-refractivity contribution in [2.75, 3.05) is 5.73 Å². The maximum atomic E-state index is 10.7. The highest BCUT2D eigenvalue weighted by Crippen LogP contribution is 2.16. The van der Waals surface area contributed by atoms with Gasteiger partial charge in [0.05, 0.1) is 0 Å². The van der Waals surface area contributed by atoms with E-state index in [0.29, 0.717) is 11.3 Å². The average molecular weight is 182 g/mol. The average Bonchev–Trinajstić information content (AvgIpc) is 2.05. The standard InChI is InChI=1S/C9H8ClNO/c1-2-6-5-7(9(10)12)3-4-8(6)11/h2-5H,1,11H2. The summed E-state index contributed by atoms with van der Waals surface area (Å²) in [6.07, 6.45) is 1.58. The minimum atomic E-state index is -0.488. The van der Waals surface area contributed by atoms with Crippen LogP contribution >= 0.6 is 11.6 Å². The molecule has 0 aliphatic carbocycles. The van der Waals surface area contributed by atoms with Crippen LogP contribution < -0.4 is 5.73 Å². The van der Waals surface area contributed by atoms with Crippen LogP contribution in [0.5, 0.6) is 0 Å². The second kappa shape index (κ2) is 3.41. The van der Waals surface area contributed by atoms with E-state index in [4.69, 9.17) is 17.3 Å². The zero-order chi connectivity index (χ0) is 9.14. The maximum Gasteiger partial charge on any atom is 0.252 e. The van der Waals surface area contributed by atoms with Gasteiger partial charge in [0.2, 0.25) is 0 Å². The van der Waals surface area contributed by atoms with Gasteiger partial charge in [0, 0.05) is 11.3 Å². The third kappa shape index (κ3) is 1.66. The molecule has 0 atom stereocenters. The van der Waals surface area contributed by atoms with Gasteiger partial charge in [0.15, 0.2) is 0 Å². The molecule has 12 heavy (non-hydrogen) atoms. The van der Waals surface area contributed by atoms with Gasteiger partial charge in [-0.1, -0.05) is 12.7 Å². The van der Waals surface area contributed by atoms with Crippen LogP contribution in [0.3, 0.4) is 0 Å². The SMILES string of the molecule is C=Cc1cc(C(=O)Cl)ccc1N. The molecule has 3 heteroatoms. The van der Waals surface area contributed by atoms with Gasteiger partial charge in [-0.25, -0.2) is 0 Å². The van der Waals surface area contributed by atoms with Crippen LogP contribution in [0, 0.1) is 0 Å². The van der Waals surface area contributed by atoms with Crippen molar-refractivity contribution in [3.05, 3.63) is 35.9 Å². The number of rotatable bonds is 2. The molecule has 0 radical (unpaired) electrons. The predicted molar refractivity (Wildman–Crippen MR) is 51.1 cm³/mol. The molecule has 0 amide bonds. The molecule has 0 fully saturated rings. The Bertz CT molecular complexity index is 333. The lowest BCUT2D eigenvalue weighted by Crippen LogP contribution is -1.93.